The van der Waals surface area contributed by atoms with E-state index in [-0.39, 0.29) is 15.2 Å². The molecule has 0 unspecified atom stereocenters. The van der Waals surface area contributed by atoms with E-state index in [0.29, 0.717) is 0 Å². The number of anilines is 1. The Morgan fingerprint density at radius 1 is 1.03 bits per heavy atom. The van der Waals surface area contributed by atoms with Crippen molar-refractivity contribution in [3.8, 4) is 0 Å². The average Bonchev–Trinajstić information content (AvgIpc) is 2.83. The van der Waals surface area contributed by atoms with Crippen molar-refractivity contribution in [2.75, 3.05) is 5.32 Å². The van der Waals surface area contributed by atoms with E-state index in [9.17, 15) is 19.5 Å². The van der Waals surface area contributed by atoms with E-state index in [1.807, 2.05) is 0 Å². The van der Waals surface area contributed by atoms with Gasteiger partial charge in [0.05, 0.1) is 0 Å². The zero-order chi connectivity index (χ0) is 23.5. The Hall–Kier alpha value is -2.40. The van der Waals surface area contributed by atoms with E-state index in [0.717, 1.165) is 11.3 Å². The van der Waals surface area contributed by atoms with Crippen LogP contribution in [0.1, 0.15) is 61.1 Å². The summed E-state index contributed by atoms with van der Waals surface area (Å²) in [5.74, 6) is -2.23. The fourth-order valence-electron chi connectivity index (χ4n) is 1.67. The van der Waals surface area contributed by atoms with Gasteiger partial charge in [-0.25, -0.2) is 19.4 Å². The SMILES string of the molecule is CC(C)(C)OC(=O)Nc1nc(/C(=N\OC(C)(C)C(=O)OC(C)(C)C)C(=O)O)c(Cl)s1. The van der Waals surface area contributed by atoms with Crippen LogP contribution in [0.15, 0.2) is 5.16 Å². The van der Waals surface area contributed by atoms with E-state index in [1.165, 1.54) is 13.8 Å². The molecule has 0 atom stereocenters. The monoisotopic (exact) mass is 463 g/mol. The van der Waals surface area contributed by atoms with Gasteiger partial charge in [-0.1, -0.05) is 28.1 Å². The van der Waals surface area contributed by atoms with Crippen LogP contribution in [0.2, 0.25) is 4.34 Å². The summed E-state index contributed by atoms with van der Waals surface area (Å²) in [6.45, 7) is 12.9. The number of carbonyl (C=O) groups excluding carboxylic acids is 2. The molecule has 12 heteroatoms. The number of hydrogen-bond donors (Lipinski definition) is 2. The lowest BCUT2D eigenvalue weighted by Gasteiger charge is -2.26. The first-order valence-electron chi connectivity index (χ1n) is 8.81. The molecule has 0 radical (unpaired) electrons. The number of aliphatic carboxylic acids is 1. The number of nitrogens with zero attached hydrogens (tertiary/aromatic N) is 2. The highest BCUT2D eigenvalue weighted by atomic mass is 35.5. The molecule has 168 valence electrons. The number of carbonyl (C=O) groups is 3. The Balaban J connectivity index is 3.08. The largest absolute Gasteiger partial charge is 0.476 e. The molecular weight excluding hydrogens is 438 g/mol. The lowest BCUT2D eigenvalue weighted by atomic mass is 10.1. The maximum Gasteiger partial charge on any atom is 0.413 e. The van der Waals surface area contributed by atoms with Crippen molar-refractivity contribution in [1.29, 1.82) is 0 Å². The number of hydrogen-bond acceptors (Lipinski definition) is 9. The third kappa shape index (κ3) is 8.15. The quantitative estimate of drug-likeness (QED) is 0.366. The molecule has 1 heterocycles. The van der Waals surface area contributed by atoms with Crippen molar-refractivity contribution in [2.24, 2.45) is 5.16 Å². The van der Waals surface area contributed by atoms with Gasteiger partial charge in [-0.05, 0) is 55.4 Å². The minimum Gasteiger partial charge on any atom is -0.476 e. The number of aromatic nitrogens is 1. The second kappa shape index (κ2) is 9.17. The number of nitrogens with one attached hydrogen (secondary N) is 1. The molecule has 1 aromatic rings. The summed E-state index contributed by atoms with van der Waals surface area (Å²) in [7, 11) is 0. The molecule has 0 bridgehead atoms. The Labute approximate surface area is 183 Å². The molecule has 0 saturated heterocycles. The van der Waals surface area contributed by atoms with Gasteiger partial charge in [-0.3, -0.25) is 5.32 Å². The Bertz CT molecular complexity index is 851. The Kier molecular flexibility index (Phi) is 7.84. The number of carboxylic acids is 1. The first-order valence-corrected chi connectivity index (χ1v) is 10.0. The predicted molar refractivity (Wildman–Crippen MR) is 112 cm³/mol. The van der Waals surface area contributed by atoms with Crippen LogP contribution in [0.4, 0.5) is 9.93 Å². The summed E-state index contributed by atoms with van der Waals surface area (Å²) in [6, 6.07) is 0. The number of carboxylic acid groups (broad SMARTS) is 1. The topological polar surface area (TPSA) is 136 Å². The zero-order valence-electron chi connectivity index (χ0n) is 18.1. The third-order valence-corrected chi connectivity index (χ3v) is 4.05. The second-order valence-corrected chi connectivity index (χ2v) is 10.2. The van der Waals surface area contributed by atoms with Crippen molar-refractivity contribution >= 4 is 51.8 Å². The molecule has 2 N–H and O–H groups in total. The molecule has 10 nitrogen and oxygen atoms in total. The summed E-state index contributed by atoms with van der Waals surface area (Å²) in [5.41, 5.74) is -3.96. The van der Waals surface area contributed by atoms with Crippen molar-refractivity contribution < 1.29 is 33.8 Å². The van der Waals surface area contributed by atoms with Gasteiger partial charge in [-0.2, -0.15) is 0 Å². The summed E-state index contributed by atoms with van der Waals surface area (Å²) in [6.07, 6.45) is -0.782. The second-order valence-electron chi connectivity index (χ2n) is 8.62. The normalized spacial score (nSPS) is 12.9. The number of ether oxygens (including phenoxy) is 2. The van der Waals surface area contributed by atoms with Gasteiger partial charge < -0.3 is 19.4 Å². The van der Waals surface area contributed by atoms with Crippen LogP contribution in [0.3, 0.4) is 0 Å². The first-order chi connectivity index (χ1) is 13.4. The number of oxime groups is 1. The van der Waals surface area contributed by atoms with Gasteiger partial charge in [0.1, 0.15) is 21.2 Å². The van der Waals surface area contributed by atoms with Crippen LogP contribution in [-0.4, -0.2) is 50.6 Å². The Morgan fingerprint density at radius 2 is 1.57 bits per heavy atom. The van der Waals surface area contributed by atoms with Gasteiger partial charge in [0.15, 0.2) is 5.13 Å². The smallest absolute Gasteiger partial charge is 0.413 e. The molecule has 0 fully saturated rings. The molecular formula is C18H26ClN3O7S. The molecule has 1 aromatic heterocycles. The molecule has 0 aliphatic carbocycles. The molecule has 30 heavy (non-hydrogen) atoms. The van der Waals surface area contributed by atoms with Crippen LogP contribution < -0.4 is 5.32 Å². The van der Waals surface area contributed by atoms with E-state index in [1.54, 1.807) is 41.5 Å². The fraction of sp³-hybridized carbons (Fsp3) is 0.611. The van der Waals surface area contributed by atoms with Crippen LogP contribution in [0, 0.1) is 0 Å². The van der Waals surface area contributed by atoms with E-state index in [2.05, 4.69) is 15.5 Å². The number of rotatable bonds is 6. The number of esters is 1. The van der Waals surface area contributed by atoms with Gasteiger partial charge in [0.25, 0.3) is 0 Å². The number of amides is 1. The van der Waals surface area contributed by atoms with Gasteiger partial charge in [0, 0.05) is 0 Å². The van der Waals surface area contributed by atoms with E-state index >= 15 is 0 Å². The van der Waals surface area contributed by atoms with Crippen LogP contribution >= 0.6 is 22.9 Å². The number of halogens is 1. The van der Waals surface area contributed by atoms with Crippen LogP contribution in [0.25, 0.3) is 0 Å². The summed E-state index contributed by atoms with van der Waals surface area (Å²) >= 11 is 6.89. The summed E-state index contributed by atoms with van der Waals surface area (Å²) in [5, 5.41) is 15.4. The van der Waals surface area contributed by atoms with Crippen molar-refractivity contribution in [1.82, 2.24) is 4.98 Å². The zero-order valence-corrected chi connectivity index (χ0v) is 19.6. The minimum absolute atomic E-state index is 0.00426. The summed E-state index contributed by atoms with van der Waals surface area (Å²) < 4.78 is 10.3. The highest BCUT2D eigenvalue weighted by molar-refractivity contribution is 7.20. The fourth-order valence-corrected chi connectivity index (χ4v) is 2.70. The lowest BCUT2D eigenvalue weighted by molar-refractivity contribution is -0.179. The molecule has 0 aromatic carbocycles. The van der Waals surface area contributed by atoms with Gasteiger partial charge in [0.2, 0.25) is 11.3 Å². The Morgan fingerprint density at radius 3 is 2.03 bits per heavy atom. The summed E-state index contributed by atoms with van der Waals surface area (Å²) in [4.78, 5) is 44.9. The standard InChI is InChI=1S/C18H26ClN3O7S/c1-16(2,3)27-13(25)18(7,8)29-22-10(12(23)24)9-11(19)30-14(20-9)21-15(26)28-17(4,5)6/h1-8H3,(H,23,24)(H,20,21,26)/b22-10+. The van der Waals surface area contributed by atoms with Crippen molar-refractivity contribution in [3.05, 3.63) is 10.0 Å². The van der Waals surface area contributed by atoms with E-state index < -0.39 is 40.5 Å². The molecule has 0 aliphatic rings. The highest BCUT2D eigenvalue weighted by Crippen LogP contribution is 2.29. The third-order valence-electron chi connectivity index (χ3n) is 2.88. The molecule has 0 saturated carbocycles. The van der Waals surface area contributed by atoms with Gasteiger partial charge >= 0.3 is 18.0 Å². The average molecular weight is 464 g/mol. The molecule has 0 aliphatic heterocycles. The van der Waals surface area contributed by atoms with Crippen molar-refractivity contribution in [3.63, 3.8) is 0 Å². The molecule has 0 spiro atoms. The lowest BCUT2D eigenvalue weighted by Crippen LogP contribution is -2.40. The van der Waals surface area contributed by atoms with Gasteiger partial charge in [-0.15, -0.1) is 0 Å². The predicted octanol–water partition coefficient (Wildman–Crippen LogP) is 4.07. The molecule has 1 amide bonds. The number of thiazole rings is 1. The minimum atomic E-state index is -1.58. The highest BCUT2D eigenvalue weighted by Gasteiger charge is 2.36. The maximum absolute atomic E-state index is 12.2. The maximum atomic E-state index is 12.2. The van der Waals surface area contributed by atoms with Crippen molar-refractivity contribution in [2.45, 2.75) is 72.2 Å². The van der Waals surface area contributed by atoms with Crippen LogP contribution in [0.5, 0.6) is 0 Å². The molecule has 1 rings (SSSR count). The van der Waals surface area contributed by atoms with Crippen LogP contribution in [-0.2, 0) is 23.9 Å². The first kappa shape index (κ1) is 25.6. The van der Waals surface area contributed by atoms with E-state index in [4.69, 9.17) is 25.9 Å².